The van der Waals surface area contributed by atoms with Gasteiger partial charge in [-0.25, -0.2) is 0 Å². The SMILES string of the molecule is CC(C)(C)c1cn(C[C@@H]2CCCO2)c(=NC(=O)c2cc(C(F)(F)F)ccc2OC[C@H](N)CO)s1. The summed E-state index contributed by atoms with van der Waals surface area (Å²) in [7, 11) is 0. The molecule has 188 valence electrons. The summed E-state index contributed by atoms with van der Waals surface area (Å²) in [6.45, 7) is 6.72. The predicted molar refractivity (Wildman–Crippen MR) is 122 cm³/mol. The van der Waals surface area contributed by atoms with Gasteiger partial charge in [0.05, 0.1) is 36.4 Å². The maximum atomic E-state index is 13.3. The third-order valence-electron chi connectivity index (χ3n) is 5.31. The molecule has 2 aromatic rings. The largest absolute Gasteiger partial charge is 0.491 e. The highest BCUT2D eigenvalue weighted by Gasteiger charge is 2.32. The molecule has 1 aliphatic rings. The zero-order valence-electron chi connectivity index (χ0n) is 19.4. The van der Waals surface area contributed by atoms with Gasteiger partial charge in [0, 0.05) is 17.7 Å². The minimum absolute atomic E-state index is 0.0103. The highest BCUT2D eigenvalue weighted by molar-refractivity contribution is 7.09. The van der Waals surface area contributed by atoms with Crippen LogP contribution in [0.2, 0.25) is 0 Å². The lowest BCUT2D eigenvalue weighted by Crippen LogP contribution is -2.31. The Kier molecular flexibility index (Phi) is 8.22. The van der Waals surface area contributed by atoms with Gasteiger partial charge < -0.3 is 24.9 Å². The first-order chi connectivity index (χ1) is 15.9. The summed E-state index contributed by atoms with van der Waals surface area (Å²) in [5.41, 5.74) is 4.12. The summed E-state index contributed by atoms with van der Waals surface area (Å²) in [6, 6.07) is 1.89. The molecular formula is C23H30F3N3O4S. The Balaban J connectivity index is 2.03. The molecule has 3 N–H and O–H groups in total. The molecule has 1 aromatic carbocycles. The van der Waals surface area contributed by atoms with Crippen molar-refractivity contribution >= 4 is 17.2 Å². The Morgan fingerprint density at radius 3 is 2.71 bits per heavy atom. The first kappa shape index (κ1) is 26.4. The number of benzene rings is 1. The number of alkyl halides is 3. The van der Waals surface area contributed by atoms with Crippen LogP contribution in [0.3, 0.4) is 0 Å². The minimum atomic E-state index is -4.64. The molecule has 1 aliphatic heterocycles. The van der Waals surface area contributed by atoms with Gasteiger partial charge in [-0.3, -0.25) is 4.79 Å². The van der Waals surface area contributed by atoms with E-state index < -0.39 is 23.7 Å². The fourth-order valence-electron chi connectivity index (χ4n) is 3.35. The average Bonchev–Trinajstić information content (AvgIpc) is 3.41. The van der Waals surface area contributed by atoms with E-state index in [0.29, 0.717) is 18.0 Å². The molecule has 1 aromatic heterocycles. The van der Waals surface area contributed by atoms with Crippen LogP contribution in [0.4, 0.5) is 13.2 Å². The van der Waals surface area contributed by atoms with Crippen molar-refractivity contribution in [3.8, 4) is 5.75 Å². The highest BCUT2D eigenvalue weighted by Crippen LogP contribution is 2.33. The molecule has 2 heterocycles. The molecule has 0 bridgehead atoms. The number of aromatic nitrogens is 1. The topological polar surface area (TPSA) is 99.1 Å². The monoisotopic (exact) mass is 501 g/mol. The number of nitrogens with two attached hydrogens (primary N) is 1. The van der Waals surface area contributed by atoms with E-state index in [0.717, 1.165) is 35.9 Å². The van der Waals surface area contributed by atoms with E-state index in [1.54, 1.807) is 0 Å². The Hall–Kier alpha value is -2.21. The molecule has 0 spiro atoms. The smallest absolute Gasteiger partial charge is 0.416 e. The van der Waals surface area contributed by atoms with Crippen molar-refractivity contribution in [3.05, 3.63) is 45.2 Å². The third-order valence-corrected chi connectivity index (χ3v) is 6.75. The highest BCUT2D eigenvalue weighted by atomic mass is 32.1. The zero-order valence-corrected chi connectivity index (χ0v) is 20.2. The van der Waals surface area contributed by atoms with Crippen molar-refractivity contribution in [1.82, 2.24) is 4.57 Å². The molecule has 1 saturated heterocycles. The van der Waals surface area contributed by atoms with E-state index in [9.17, 15) is 18.0 Å². The number of amides is 1. The predicted octanol–water partition coefficient (Wildman–Crippen LogP) is 3.48. The Morgan fingerprint density at radius 1 is 1.38 bits per heavy atom. The molecule has 0 aliphatic carbocycles. The van der Waals surface area contributed by atoms with E-state index in [1.165, 1.54) is 11.3 Å². The molecule has 0 saturated carbocycles. The maximum absolute atomic E-state index is 13.3. The molecule has 2 atom stereocenters. The van der Waals surface area contributed by atoms with Gasteiger partial charge in [0.2, 0.25) is 0 Å². The molecule has 1 fully saturated rings. The molecule has 7 nitrogen and oxygen atoms in total. The van der Waals surface area contributed by atoms with E-state index in [4.69, 9.17) is 20.3 Å². The number of aliphatic hydroxyl groups excluding tert-OH is 1. The molecule has 1 amide bonds. The van der Waals surface area contributed by atoms with Crippen molar-refractivity contribution in [2.75, 3.05) is 19.8 Å². The number of halogens is 3. The normalized spacial score (nSPS) is 18.4. The summed E-state index contributed by atoms with van der Waals surface area (Å²) in [4.78, 5) is 18.7. The number of nitrogens with zero attached hydrogens (tertiary/aromatic N) is 2. The number of carbonyl (C=O) groups is 1. The van der Waals surface area contributed by atoms with Crippen LogP contribution in [-0.4, -0.2) is 47.5 Å². The number of carbonyl (C=O) groups excluding carboxylic acids is 1. The van der Waals surface area contributed by atoms with Gasteiger partial charge in [0.25, 0.3) is 5.91 Å². The first-order valence-electron chi connectivity index (χ1n) is 11.0. The summed E-state index contributed by atoms with van der Waals surface area (Å²) in [5, 5.41) is 9.10. The summed E-state index contributed by atoms with van der Waals surface area (Å²) in [5.74, 6) is -0.939. The van der Waals surface area contributed by atoms with Crippen LogP contribution in [0.15, 0.2) is 29.4 Å². The average molecular weight is 502 g/mol. The van der Waals surface area contributed by atoms with Crippen LogP contribution in [0.1, 0.15) is 54.4 Å². The number of rotatable bonds is 7. The molecule has 0 radical (unpaired) electrons. The van der Waals surface area contributed by atoms with Crippen molar-refractivity contribution < 1.29 is 32.5 Å². The van der Waals surface area contributed by atoms with Crippen LogP contribution >= 0.6 is 11.3 Å². The molecule has 34 heavy (non-hydrogen) atoms. The van der Waals surface area contributed by atoms with Gasteiger partial charge in [-0.15, -0.1) is 11.3 Å². The lowest BCUT2D eigenvalue weighted by atomic mass is 9.95. The number of ether oxygens (including phenoxy) is 2. The van der Waals surface area contributed by atoms with Crippen molar-refractivity contribution in [1.29, 1.82) is 0 Å². The van der Waals surface area contributed by atoms with Crippen LogP contribution < -0.4 is 15.3 Å². The van der Waals surface area contributed by atoms with Crippen molar-refractivity contribution in [3.63, 3.8) is 0 Å². The summed E-state index contributed by atoms with van der Waals surface area (Å²) >= 11 is 1.31. The lowest BCUT2D eigenvalue weighted by Gasteiger charge is -2.15. The zero-order chi connectivity index (χ0) is 25.1. The van der Waals surface area contributed by atoms with E-state index in [2.05, 4.69) is 4.99 Å². The fourth-order valence-corrected chi connectivity index (χ4v) is 4.40. The van der Waals surface area contributed by atoms with Gasteiger partial charge in [-0.2, -0.15) is 18.2 Å². The molecular weight excluding hydrogens is 471 g/mol. The first-order valence-corrected chi connectivity index (χ1v) is 11.8. The van der Waals surface area contributed by atoms with E-state index in [-0.39, 0.29) is 36.0 Å². The third kappa shape index (κ3) is 6.68. The van der Waals surface area contributed by atoms with Crippen molar-refractivity contribution in [2.24, 2.45) is 10.7 Å². The number of aliphatic hydroxyl groups is 1. The molecule has 11 heteroatoms. The minimum Gasteiger partial charge on any atom is -0.491 e. The second kappa shape index (κ2) is 10.6. The second-order valence-electron chi connectivity index (χ2n) is 9.29. The van der Waals surface area contributed by atoms with Gasteiger partial charge in [-0.05, 0) is 36.5 Å². The van der Waals surface area contributed by atoms with Gasteiger partial charge in [0.1, 0.15) is 12.4 Å². The Labute approximate surface area is 200 Å². The van der Waals surface area contributed by atoms with Crippen LogP contribution in [0.25, 0.3) is 0 Å². The standard InChI is InChI=1S/C23H30F3N3O4S/c1-22(2,3)19-11-29(10-16-5-4-8-32-16)21(34-19)28-20(31)17-9-14(23(24,25)26)6-7-18(17)33-13-15(27)12-30/h6-7,9,11,15-16,30H,4-5,8,10,12-13,27H2,1-3H3/t15-,16+/m1/s1. The van der Waals surface area contributed by atoms with E-state index in [1.807, 2.05) is 31.5 Å². The molecule has 3 rings (SSSR count). The molecule has 0 unspecified atom stereocenters. The lowest BCUT2D eigenvalue weighted by molar-refractivity contribution is -0.137. The van der Waals surface area contributed by atoms with Gasteiger partial charge in [0.15, 0.2) is 4.80 Å². The van der Waals surface area contributed by atoms with Gasteiger partial charge in [-0.1, -0.05) is 20.8 Å². The Bertz CT molecular complexity index is 1070. The van der Waals surface area contributed by atoms with E-state index >= 15 is 0 Å². The summed E-state index contributed by atoms with van der Waals surface area (Å²) < 4.78 is 53.0. The Morgan fingerprint density at radius 2 is 2.12 bits per heavy atom. The van der Waals surface area contributed by atoms with Crippen LogP contribution in [-0.2, 0) is 22.9 Å². The maximum Gasteiger partial charge on any atom is 0.416 e. The van der Waals surface area contributed by atoms with Crippen LogP contribution in [0.5, 0.6) is 5.75 Å². The second-order valence-corrected chi connectivity index (χ2v) is 10.3. The fraction of sp³-hybridized carbons (Fsp3) is 0.565. The number of hydrogen-bond acceptors (Lipinski definition) is 6. The summed E-state index contributed by atoms with van der Waals surface area (Å²) in [6.07, 6.45) is -0.894. The quantitative estimate of drug-likeness (QED) is 0.605. The van der Waals surface area contributed by atoms with Crippen molar-refractivity contribution in [2.45, 2.75) is 63.9 Å². The van der Waals surface area contributed by atoms with Crippen LogP contribution in [0, 0.1) is 0 Å². The van der Waals surface area contributed by atoms with Gasteiger partial charge >= 0.3 is 6.18 Å². The number of thiazole rings is 1. The number of hydrogen-bond donors (Lipinski definition) is 2.